The van der Waals surface area contributed by atoms with Crippen molar-refractivity contribution in [2.24, 2.45) is 0 Å². The highest BCUT2D eigenvalue weighted by atomic mass is 32.2. The molecule has 0 fully saturated rings. The average Bonchev–Trinajstić information content (AvgIpc) is 2.83. The Labute approximate surface area is 113 Å². The topological polar surface area (TPSA) is 41.1 Å². The van der Waals surface area contributed by atoms with Gasteiger partial charge in [0, 0.05) is 29.6 Å². The van der Waals surface area contributed by atoms with Crippen LogP contribution in [0.3, 0.4) is 0 Å². The fraction of sp³-hybridized carbons (Fsp3) is 0.500. The van der Waals surface area contributed by atoms with E-state index in [9.17, 15) is 4.79 Å². The van der Waals surface area contributed by atoms with Gasteiger partial charge in [0.05, 0.1) is 0 Å². The molecule has 2 N–H and O–H groups in total. The Balaban J connectivity index is 1.96. The fourth-order valence-corrected chi connectivity index (χ4v) is 2.76. The van der Waals surface area contributed by atoms with E-state index in [1.54, 1.807) is 0 Å². The van der Waals surface area contributed by atoms with E-state index in [1.807, 2.05) is 30.0 Å². The van der Waals surface area contributed by atoms with E-state index in [0.717, 1.165) is 30.0 Å². The zero-order valence-corrected chi connectivity index (χ0v) is 11.8. The highest BCUT2D eigenvalue weighted by Gasteiger charge is 2.14. The Hall–Kier alpha value is -1.16. The van der Waals surface area contributed by atoms with Crippen molar-refractivity contribution in [1.82, 2.24) is 5.32 Å². The van der Waals surface area contributed by atoms with Crippen LogP contribution in [-0.4, -0.2) is 30.0 Å². The van der Waals surface area contributed by atoms with Gasteiger partial charge in [-0.3, -0.25) is 4.79 Å². The lowest BCUT2D eigenvalue weighted by atomic mass is 10.1. The molecule has 1 atom stereocenters. The summed E-state index contributed by atoms with van der Waals surface area (Å²) in [6.45, 7) is 5.16. The summed E-state index contributed by atoms with van der Waals surface area (Å²) in [6, 6.07) is 6.12. The molecule has 1 aromatic rings. The van der Waals surface area contributed by atoms with Crippen LogP contribution in [0.2, 0.25) is 0 Å². The van der Waals surface area contributed by atoms with Crippen LogP contribution in [0.5, 0.6) is 0 Å². The Morgan fingerprint density at radius 3 is 3.17 bits per heavy atom. The molecule has 1 aromatic carbocycles. The highest BCUT2D eigenvalue weighted by Crippen LogP contribution is 2.22. The van der Waals surface area contributed by atoms with Crippen molar-refractivity contribution in [3.8, 4) is 0 Å². The number of hydrogen-bond acceptors (Lipinski definition) is 3. The minimum Gasteiger partial charge on any atom is -0.384 e. The SMILES string of the molecule is CCSCC(C)NC(=O)c1ccc2c(c1)CCN2. The minimum absolute atomic E-state index is 0.0360. The average molecular weight is 264 g/mol. The molecule has 0 aromatic heterocycles. The number of anilines is 1. The van der Waals surface area contributed by atoms with Crippen molar-refractivity contribution >= 4 is 23.4 Å². The van der Waals surface area contributed by atoms with Gasteiger partial charge in [-0.05, 0) is 42.9 Å². The maximum atomic E-state index is 12.1. The molecule has 1 unspecified atom stereocenters. The predicted molar refractivity (Wildman–Crippen MR) is 78.6 cm³/mol. The summed E-state index contributed by atoms with van der Waals surface area (Å²) in [5.74, 6) is 2.09. The van der Waals surface area contributed by atoms with Crippen LogP contribution in [0, 0.1) is 0 Å². The highest BCUT2D eigenvalue weighted by molar-refractivity contribution is 7.99. The molecule has 2 rings (SSSR count). The normalized spacial score (nSPS) is 14.8. The zero-order valence-electron chi connectivity index (χ0n) is 11.0. The number of hydrogen-bond donors (Lipinski definition) is 2. The monoisotopic (exact) mass is 264 g/mol. The van der Waals surface area contributed by atoms with Gasteiger partial charge in [0.2, 0.25) is 0 Å². The van der Waals surface area contributed by atoms with Gasteiger partial charge in [0.1, 0.15) is 0 Å². The van der Waals surface area contributed by atoms with Crippen LogP contribution in [0.1, 0.15) is 29.8 Å². The molecule has 0 saturated heterocycles. The predicted octanol–water partition coefficient (Wildman–Crippen LogP) is 2.53. The number of thioether (sulfide) groups is 1. The summed E-state index contributed by atoms with van der Waals surface area (Å²) in [7, 11) is 0. The smallest absolute Gasteiger partial charge is 0.251 e. The van der Waals surface area contributed by atoms with Crippen molar-refractivity contribution in [2.75, 3.05) is 23.4 Å². The third kappa shape index (κ3) is 3.19. The zero-order chi connectivity index (χ0) is 13.0. The fourth-order valence-electron chi connectivity index (χ4n) is 2.09. The Bertz CT molecular complexity index is 434. The largest absolute Gasteiger partial charge is 0.384 e. The van der Waals surface area contributed by atoms with Gasteiger partial charge < -0.3 is 10.6 Å². The molecule has 1 heterocycles. The summed E-state index contributed by atoms with van der Waals surface area (Å²) in [5, 5.41) is 6.34. The Morgan fingerprint density at radius 1 is 1.56 bits per heavy atom. The van der Waals surface area contributed by atoms with Gasteiger partial charge in [-0.2, -0.15) is 11.8 Å². The van der Waals surface area contributed by atoms with Gasteiger partial charge >= 0.3 is 0 Å². The van der Waals surface area contributed by atoms with Crippen molar-refractivity contribution in [1.29, 1.82) is 0 Å². The standard InChI is InChI=1S/C14H20N2OS/c1-3-18-9-10(2)16-14(17)12-4-5-13-11(8-12)6-7-15-13/h4-5,8,10,15H,3,6-7,9H2,1-2H3,(H,16,17). The Kier molecular flexibility index (Phi) is 4.53. The lowest BCUT2D eigenvalue weighted by molar-refractivity contribution is 0.0943. The quantitative estimate of drug-likeness (QED) is 0.858. The van der Waals surface area contributed by atoms with Crippen LogP contribution in [0.15, 0.2) is 18.2 Å². The molecule has 1 aliphatic heterocycles. The molecule has 1 amide bonds. The molecule has 0 saturated carbocycles. The number of carbonyl (C=O) groups excluding carboxylic acids is 1. The summed E-state index contributed by atoms with van der Waals surface area (Å²) in [4.78, 5) is 12.1. The second-order valence-corrected chi connectivity index (χ2v) is 5.90. The van der Waals surface area contributed by atoms with Crippen molar-refractivity contribution in [2.45, 2.75) is 26.3 Å². The van der Waals surface area contributed by atoms with Gasteiger partial charge in [-0.25, -0.2) is 0 Å². The first-order chi connectivity index (χ1) is 8.70. The molecule has 3 nitrogen and oxygen atoms in total. The maximum Gasteiger partial charge on any atom is 0.251 e. The first-order valence-corrected chi connectivity index (χ1v) is 7.61. The van der Waals surface area contributed by atoms with E-state index in [4.69, 9.17) is 0 Å². The van der Waals surface area contributed by atoms with Gasteiger partial charge in [-0.15, -0.1) is 0 Å². The number of benzene rings is 1. The van der Waals surface area contributed by atoms with Crippen LogP contribution in [0.4, 0.5) is 5.69 Å². The van der Waals surface area contributed by atoms with Crippen LogP contribution in [-0.2, 0) is 6.42 Å². The first-order valence-electron chi connectivity index (χ1n) is 6.46. The lowest BCUT2D eigenvalue weighted by Gasteiger charge is -2.13. The molecule has 1 aliphatic rings. The van der Waals surface area contributed by atoms with Crippen molar-refractivity contribution in [3.05, 3.63) is 29.3 Å². The van der Waals surface area contributed by atoms with E-state index in [2.05, 4.69) is 24.5 Å². The first kappa shape index (κ1) is 13.3. The second kappa shape index (κ2) is 6.14. The number of nitrogens with one attached hydrogen (secondary N) is 2. The molecule has 0 aliphatic carbocycles. The Morgan fingerprint density at radius 2 is 2.39 bits per heavy atom. The molecule has 4 heteroatoms. The van der Waals surface area contributed by atoms with Crippen molar-refractivity contribution in [3.63, 3.8) is 0 Å². The summed E-state index contributed by atoms with van der Waals surface area (Å²) in [6.07, 6.45) is 1.01. The second-order valence-electron chi connectivity index (χ2n) is 4.58. The molecule has 0 bridgehead atoms. The summed E-state index contributed by atoms with van der Waals surface area (Å²) < 4.78 is 0. The number of rotatable bonds is 5. The summed E-state index contributed by atoms with van der Waals surface area (Å²) >= 11 is 1.85. The van der Waals surface area contributed by atoms with Gasteiger partial charge in [0.25, 0.3) is 5.91 Å². The van der Waals surface area contributed by atoms with E-state index in [0.29, 0.717) is 0 Å². The maximum absolute atomic E-state index is 12.1. The molecule has 18 heavy (non-hydrogen) atoms. The third-order valence-electron chi connectivity index (χ3n) is 3.03. The third-order valence-corrected chi connectivity index (χ3v) is 4.17. The summed E-state index contributed by atoms with van der Waals surface area (Å²) in [5.41, 5.74) is 3.19. The number of carbonyl (C=O) groups is 1. The van der Waals surface area contributed by atoms with Crippen LogP contribution < -0.4 is 10.6 Å². The van der Waals surface area contributed by atoms with Gasteiger partial charge in [-0.1, -0.05) is 6.92 Å². The molecule has 0 spiro atoms. The van der Waals surface area contributed by atoms with E-state index in [-0.39, 0.29) is 11.9 Å². The van der Waals surface area contributed by atoms with E-state index < -0.39 is 0 Å². The van der Waals surface area contributed by atoms with Crippen LogP contribution in [0.25, 0.3) is 0 Å². The molecular formula is C14H20N2OS. The number of fused-ring (bicyclic) bond motifs is 1. The van der Waals surface area contributed by atoms with E-state index in [1.165, 1.54) is 11.3 Å². The van der Waals surface area contributed by atoms with E-state index >= 15 is 0 Å². The number of amides is 1. The molecule has 0 radical (unpaired) electrons. The van der Waals surface area contributed by atoms with Gasteiger partial charge in [0.15, 0.2) is 0 Å². The molecule has 98 valence electrons. The molecular weight excluding hydrogens is 244 g/mol. The lowest BCUT2D eigenvalue weighted by Crippen LogP contribution is -2.34. The van der Waals surface area contributed by atoms with Crippen LogP contribution >= 0.6 is 11.8 Å². The van der Waals surface area contributed by atoms with Crippen molar-refractivity contribution < 1.29 is 4.79 Å². The minimum atomic E-state index is 0.0360.